The number of aryl methyl sites for hydroxylation is 1. The lowest BCUT2D eigenvalue weighted by atomic mass is 10.1. The van der Waals surface area contributed by atoms with E-state index < -0.39 is 12.1 Å². The Bertz CT molecular complexity index is 483. The van der Waals surface area contributed by atoms with Crippen LogP contribution in [0.2, 0.25) is 0 Å². The first-order chi connectivity index (χ1) is 8.88. The third-order valence-corrected chi connectivity index (χ3v) is 3.48. The van der Waals surface area contributed by atoms with Gasteiger partial charge in [0, 0.05) is 11.0 Å². The molecule has 1 nitrogen and oxygen atoms in total. The minimum Gasteiger partial charge on any atom is -0.241 e. The molecule has 0 spiro atoms. The number of thiazole rings is 1. The summed E-state index contributed by atoms with van der Waals surface area (Å²) in [5.74, 6) is -1.48. The Morgan fingerprint density at radius 1 is 1.53 bits per heavy atom. The van der Waals surface area contributed by atoms with Gasteiger partial charge in [-0.3, -0.25) is 0 Å². The molecule has 104 valence electrons. The van der Waals surface area contributed by atoms with E-state index in [1.165, 1.54) is 17.4 Å². The molecule has 0 amide bonds. The average molecular weight is 287 g/mol. The van der Waals surface area contributed by atoms with E-state index in [9.17, 15) is 13.2 Å². The second-order valence-corrected chi connectivity index (χ2v) is 4.90. The van der Waals surface area contributed by atoms with Crippen LogP contribution in [0.15, 0.2) is 36.3 Å². The van der Waals surface area contributed by atoms with Crippen LogP contribution < -0.4 is 0 Å². The van der Waals surface area contributed by atoms with Crippen molar-refractivity contribution in [3.05, 3.63) is 47.0 Å². The minimum atomic E-state index is -4.22. The molecule has 1 aromatic heterocycles. The summed E-state index contributed by atoms with van der Waals surface area (Å²) < 4.78 is 37.3. The topological polar surface area (TPSA) is 12.9 Å². The summed E-state index contributed by atoms with van der Waals surface area (Å²) >= 11 is 1.42. The van der Waals surface area contributed by atoms with Crippen molar-refractivity contribution < 1.29 is 13.2 Å². The first kappa shape index (κ1) is 15.7. The van der Waals surface area contributed by atoms with Crippen LogP contribution in [0.3, 0.4) is 0 Å². The van der Waals surface area contributed by atoms with Gasteiger partial charge in [0.05, 0.1) is 11.6 Å². The van der Waals surface area contributed by atoms with E-state index in [4.69, 9.17) is 0 Å². The van der Waals surface area contributed by atoms with E-state index in [0.717, 1.165) is 25.1 Å². The summed E-state index contributed by atoms with van der Waals surface area (Å²) in [5.41, 5.74) is 1.59. The molecule has 1 atom stereocenters. The third-order valence-electron chi connectivity index (χ3n) is 2.54. The Labute approximate surface area is 115 Å². The zero-order chi connectivity index (χ0) is 14.5. The fourth-order valence-electron chi connectivity index (χ4n) is 1.28. The lowest BCUT2D eigenvalue weighted by Crippen LogP contribution is -2.17. The summed E-state index contributed by atoms with van der Waals surface area (Å²) in [6, 6.07) is 0. The highest BCUT2D eigenvalue weighted by atomic mass is 32.1. The monoisotopic (exact) mass is 287 g/mol. The quantitative estimate of drug-likeness (QED) is 0.692. The van der Waals surface area contributed by atoms with Crippen LogP contribution in [-0.2, 0) is 6.42 Å². The summed E-state index contributed by atoms with van der Waals surface area (Å²) in [5, 5.41) is 2.62. The summed E-state index contributed by atoms with van der Waals surface area (Å²) in [4.78, 5) is 4.36. The standard InChI is InChI=1S/C14H16F3NS/c1-4-6-11(8-7-10(3)14(15,16)17)13-18-12(5-2)9-19-13/h4,6-10H,1,5H2,2-3H3/b8-7-,11-6+. The van der Waals surface area contributed by atoms with E-state index in [1.807, 2.05) is 12.3 Å². The summed E-state index contributed by atoms with van der Waals surface area (Å²) in [6.45, 7) is 6.68. The lowest BCUT2D eigenvalue weighted by Gasteiger charge is -2.10. The molecule has 5 heteroatoms. The van der Waals surface area contributed by atoms with Crippen molar-refractivity contribution in [3.8, 4) is 0 Å². The van der Waals surface area contributed by atoms with Gasteiger partial charge in [-0.2, -0.15) is 13.2 Å². The predicted octanol–water partition coefficient (Wildman–Crippen LogP) is 5.03. The smallest absolute Gasteiger partial charge is 0.241 e. The minimum absolute atomic E-state index is 0.649. The second-order valence-electron chi connectivity index (χ2n) is 4.04. The first-order valence-corrected chi connectivity index (χ1v) is 6.78. The van der Waals surface area contributed by atoms with E-state index in [1.54, 1.807) is 12.2 Å². The molecule has 0 aliphatic carbocycles. The van der Waals surface area contributed by atoms with E-state index in [0.29, 0.717) is 10.6 Å². The molecule has 19 heavy (non-hydrogen) atoms. The molecule has 1 heterocycles. The van der Waals surface area contributed by atoms with E-state index >= 15 is 0 Å². The first-order valence-electron chi connectivity index (χ1n) is 5.90. The number of alkyl halides is 3. The molecular weight excluding hydrogens is 271 g/mol. The Morgan fingerprint density at radius 3 is 2.68 bits per heavy atom. The van der Waals surface area contributed by atoms with Gasteiger partial charge < -0.3 is 0 Å². The largest absolute Gasteiger partial charge is 0.394 e. The average Bonchev–Trinajstić information content (AvgIpc) is 2.81. The molecule has 1 rings (SSSR count). The fourth-order valence-corrected chi connectivity index (χ4v) is 2.19. The fraction of sp³-hybridized carbons (Fsp3) is 0.357. The van der Waals surface area contributed by atoms with Crippen molar-refractivity contribution in [1.29, 1.82) is 0 Å². The highest BCUT2D eigenvalue weighted by molar-refractivity contribution is 7.10. The van der Waals surface area contributed by atoms with Crippen LogP contribution in [0.25, 0.3) is 5.57 Å². The SMILES string of the molecule is C=C/C=C(\C=C/C(C)C(F)(F)F)c1nc(CC)cs1. The molecular formula is C14H16F3NS. The van der Waals surface area contributed by atoms with Crippen LogP contribution in [0.5, 0.6) is 0 Å². The summed E-state index contributed by atoms with van der Waals surface area (Å²) in [7, 11) is 0. The van der Waals surface area contributed by atoms with Crippen LogP contribution in [0, 0.1) is 5.92 Å². The van der Waals surface area contributed by atoms with Gasteiger partial charge in [0.15, 0.2) is 0 Å². The van der Waals surface area contributed by atoms with Gasteiger partial charge in [-0.1, -0.05) is 44.7 Å². The van der Waals surface area contributed by atoms with Gasteiger partial charge in [-0.15, -0.1) is 11.3 Å². The van der Waals surface area contributed by atoms with Crippen molar-refractivity contribution in [2.75, 3.05) is 0 Å². The highest BCUT2D eigenvalue weighted by Gasteiger charge is 2.33. The maximum absolute atomic E-state index is 12.4. The molecule has 0 N–H and O–H groups in total. The van der Waals surface area contributed by atoms with E-state index in [-0.39, 0.29) is 0 Å². The number of aromatic nitrogens is 1. The number of halogens is 3. The van der Waals surface area contributed by atoms with Crippen LogP contribution >= 0.6 is 11.3 Å². The van der Waals surface area contributed by atoms with Crippen LogP contribution in [-0.4, -0.2) is 11.2 Å². The molecule has 0 saturated carbocycles. The van der Waals surface area contributed by atoms with Crippen LogP contribution in [0.1, 0.15) is 24.5 Å². The molecule has 0 bridgehead atoms. The summed E-state index contributed by atoms with van der Waals surface area (Å²) in [6.07, 6.45) is 2.40. The van der Waals surface area contributed by atoms with Gasteiger partial charge >= 0.3 is 6.18 Å². The highest BCUT2D eigenvalue weighted by Crippen LogP contribution is 2.28. The third kappa shape index (κ3) is 4.67. The maximum Gasteiger partial charge on any atom is 0.394 e. The number of hydrogen-bond acceptors (Lipinski definition) is 2. The Morgan fingerprint density at radius 2 is 2.21 bits per heavy atom. The van der Waals surface area contributed by atoms with Gasteiger partial charge in [-0.25, -0.2) is 4.98 Å². The predicted molar refractivity (Wildman–Crippen MR) is 74.0 cm³/mol. The molecule has 0 radical (unpaired) electrons. The Kier molecular flexibility index (Phi) is 5.54. The molecule has 0 saturated heterocycles. The zero-order valence-corrected chi connectivity index (χ0v) is 11.7. The maximum atomic E-state index is 12.4. The molecule has 0 aliphatic heterocycles. The number of nitrogens with zero attached hydrogens (tertiary/aromatic N) is 1. The molecule has 1 aromatic rings. The number of hydrogen-bond donors (Lipinski definition) is 0. The molecule has 1 unspecified atom stereocenters. The Hall–Kier alpha value is -1.36. The van der Waals surface area contributed by atoms with Gasteiger partial charge in [0.1, 0.15) is 5.01 Å². The van der Waals surface area contributed by atoms with E-state index in [2.05, 4.69) is 11.6 Å². The molecule has 0 aromatic carbocycles. The van der Waals surface area contributed by atoms with Crippen molar-refractivity contribution in [1.82, 2.24) is 4.98 Å². The Balaban J connectivity index is 2.94. The van der Waals surface area contributed by atoms with Gasteiger partial charge in [-0.05, 0) is 6.42 Å². The van der Waals surface area contributed by atoms with Crippen molar-refractivity contribution in [3.63, 3.8) is 0 Å². The number of allylic oxidation sites excluding steroid dienone is 5. The van der Waals surface area contributed by atoms with Crippen molar-refractivity contribution in [2.24, 2.45) is 5.92 Å². The molecule has 0 aliphatic rings. The second kappa shape index (κ2) is 6.70. The molecule has 0 fully saturated rings. The lowest BCUT2D eigenvalue weighted by molar-refractivity contribution is -0.156. The van der Waals surface area contributed by atoms with Crippen LogP contribution in [0.4, 0.5) is 13.2 Å². The van der Waals surface area contributed by atoms with Gasteiger partial charge in [0.25, 0.3) is 0 Å². The number of rotatable bonds is 5. The zero-order valence-electron chi connectivity index (χ0n) is 10.9. The van der Waals surface area contributed by atoms with Crippen molar-refractivity contribution >= 4 is 16.9 Å². The normalized spacial score (nSPS) is 14.9. The van der Waals surface area contributed by atoms with Crippen molar-refractivity contribution in [2.45, 2.75) is 26.4 Å². The van der Waals surface area contributed by atoms with Gasteiger partial charge in [0.2, 0.25) is 0 Å².